The smallest absolute Gasteiger partial charge is 0.338 e. The molecule has 1 aromatic rings. The molecule has 0 amide bonds. The molecule has 1 saturated carbocycles. The predicted molar refractivity (Wildman–Crippen MR) is 89.5 cm³/mol. The molecule has 2 rings (SSSR count). The van der Waals surface area contributed by atoms with Gasteiger partial charge in [-0.3, -0.25) is 14.9 Å². The second-order valence-corrected chi connectivity index (χ2v) is 8.66. The molecule has 1 fully saturated rings. The Labute approximate surface area is 153 Å². The molecule has 1 aliphatic carbocycles. The Bertz CT molecular complexity index is 681. The first-order valence-corrected chi connectivity index (χ1v) is 8.13. The Morgan fingerprint density at radius 2 is 1.83 bits per heavy atom. The molecule has 0 N–H and O–H groups in total. The van der Waals surface area contributed by atoms with E-state index in [1.54, 1.807) is 13.8 Å². The molecule has 0 heterocycles. The van der Waals surface area contributed by atoms with Crippen LogP contribution in [0.5, 0.6) is 0 Å². The van der Waals surface area contributed by atoms with Gasteiger partial charge < -0.3 is 4.74 Å². The summed E-state index contributed by atoms with van der Waals surface area (Å²) in [5.41, 5.74) is -0.808. The predicted octanol–water partition coefficient (Wildman–Crippen LogP) is 4.11. The number of halogens is 3. The molecule has 0 radical (unpaired) electrons. The van der Waals surface area contributed by atoms with Gasteiger partial charge in [0.2, 0.25) is 0 Å². The summed E-state index contributed by atoms with van der Waals surface area (Å²) in [6.45, 7) is 3.40. The number of rotatable bonds is 4. The third kappa shape index (κ3) is 3.82. The minimum absolute atomic E-state index is 0.0641. The number of nitro benzene ring substituents is 1. The lowest BCUT2D eigenvalue weighted by Gasteiger charge is -2.49. The molecule has 0 aromatic heterocycles. The van der Waals surface area contributed by atoms with Gasteiger partial charge in [-0.15, -0.1) is 0 Å². The lowest BCUT2D eigenvalue weighted by Crippen LogP contribution is -2.60. The fourth-order valence-corrected chi connectivity index (χ4v) is 3.16. The number of alkyl halides is 3. The fourth-order valence-electron chi connectivity index (χ4n) is 2.66. The quantitative estimate of drug-likeness (QED) is 0.332. The number of ketones is 1. The summed E-state index contributed by atoms with van der Waals surface area (Å²) in [6.07, 6.45) is -0.937. The van der Waals surface area contributed by atoms with Crippen LogP contribution in [0.25, 0.3) is 0 Å². The minimum atomic E-state index is -1.57. The summed E-state index contributed by atoms with van der Waals surface area (Å²) in [5.74, 6) is -1.44. The summed E-state index contributed by atoms with van der Waals surface area (Å²) < 4.78 is 3.68. The average Bonchev–Trinajstić information content (AvgIpc) is 2.49. The van der Waals surface area contributed by atoms with E-state index in [9.17, 15) is 19.7 Å². The average molecular weight is 395 g/mol. The van der Waals surface area contributed by atoms with E-state index < -0.39 is 32.1 Å². The van der Waals surface area contributed by atoms with E-state index >= 15 is 0 Å². The second kappa shape index (κ2) is 6.50. The van der Waals surface area contributed by atoms with Crippen LogP contribution in [0.15, 0.2) is 24.3 Å². The van der Waals surface area contributed by atoms with Crippen molar-refractivity contribution in [2.24, 2.45) is 11.3 Å². The van der Waals surface area contributed by atoms with Gasteiger partial charge in [0.15, 0.2) is 15.7 Å². The van der Waals surface area contributed by atoms with E-state index in [1.807, 2.05) is 0 Å². The zero-order valence-electron chi connectivity index (χ0n) is 12.8. The Morgan fingerprint density at radius 1 is 1.29 bits per heavy atom. The lowest BCUT2D eigenvalue weighted by atomic mass is 9.58. The monoisotopic (exact) mass is 393 g/mol. The van der Waals surface area contributed by atoms with Crippen molar-refractivity contribution < 1.29 is 19.2 Å². The normalized spacial score (nSPS) is 22.6. The molecule has 9 heteroatoms. The largest absolute Gasteiger partial charge is 0.450 e. The van der Waals surface area contributed by atoms with Crippen LogP contribution in [-0.4, -0.2) is 26.6 Å². The first-order valence-electron chi connectivity index (χ1n) is 7.00. The van der Waals surface area contributed by atoms with E-state index in [0.29, 0.717) is 0 Å². The SMILES string of the molecule is CC1(C)C(=O)[C@H](OC(=O)c2ccc([N+](=O)[O-])cc2)[C@H]1CC(Cl)(Cl)Cl. The molecule has 0 unspecified atom stereocenters. The molecule has 6 nitrogen and oxygen atoms in total. The number of non-ortho nitro benzene ring substituents is 1. The topological polar surface area (TPSA) is 86.5 Å². The molecule has 1 aromatic carbocycles. The van der Waals surface area contributed by atoms with Crippen molar-refractivity contribution in [1.82, 2.24) is 0 Å². The van der Waals surface area contributed by atoms with Crippen LogP contribution >= 0.6 is 34.8 Å². The highest BCUT2D eigenvalue weighted by Gasteiger charge is 2.59. The van der Waals surface area contributed by atoms with Crippen LogP contribution in [0, 0.1) is 21.4 Å². The molecule has 0 spiro atoms. The van der Waals surface area contributed by atoms with Crippen LogP contribution in [-0.2, 0) is 9.53 Å². The van der Waals surface area contributed by atoms with Gasteiger partial charge in [-0.25, -0.2) is 4.79 Å². The van der Waals surface area contributed by atoms with E-state index in [0.717, 1.165) is 0 Å². The number of ether oxygens (including phenoxy) is 1. The van der Waals surface area contributed by atoms with Gasteiger partial charge in [0, 0.05) is 29.9 Å². The fraction of sp³-hybridized carbons (Fsp3) is 0.467. The molecule has 0 saturated heterocycles. The second-order valence-electron chi connectivity index (χ2n) is 6.14. The number of carbonyl (C=O) groups excluding carboxylic acids is 2. The molecule has 0 aliphatic heterocycles. The third-order valence-corrected chi connectivity index (χ3v) is 4.65. The molecular formula is C15H14Cl3NO5. The van der Waals surface area contributed by atoms with E-state index in [-0.39, 0.29) is 23.5 Å². The van der Waals surface area contributed by atoms with E-state index in [2.05, 4.69) is 0 Å². The standard InChI is InChI=1S/C15H14Cl3NO5/c1-14(2)10(7-15(16,17)18)11(12(14)20)24-13(21)8-3-5-9(6-4-8)19(22)23/h3-6,10-11H,7H2,1-2H3/t10-,11-/m1/s1. The Hall–Kier alpha value is -1.37. The van der Waals surface area contributed by atoms with E-state index in [1.165, 1.54) is 24.3 Å². The van der Waals surface area contributed by atoms with Gasteiger partial charge in [0.1, 0.15) is 0 Å². The first kappa shape index (κ1) is 19.0. The van der Waals surface area contributed by atoms with Gasteiger partial charge in [-0.1, -0.05) is 48.7 Å². The van der Waals surface area contributed by atoms with Gasteiger partial charge in [-0.05, 0) is 12.1 Å². The maximum absolute atomic E-state index is 12.2. The Balaban J connectivity index is 2.12. The summed E-state index contributed by atoms with van der Waals surface area (Å²) in [6, 6.07) is 4.89. The Kier molecular flexibility index (Phi) is 5.14. The van der Waals surface area contributed by atoms with Gasteiger partial charge in [-0.2, -0.15) is 0 Å². The maximum atomic E-state index is 12.2. The van der Waals surface area contributed by atoms with Crippen molar-refractivity contribution in [2.45, 2.75) is 30.2 Å². The number of carbonyl (C=O) groups is 2. The van der Waals surface area contributed by atoms with Crippen molar-refractivity contribution in [3.63, 3.8) is 0 Å². The lowest BCUT2D eigenvalue weighted by molar-refractivity contribution is -0.384. The zero-order valence-corrected chi connectivity index (χ0v) is 15.1. The van der Waals surface area contributed by atoms with Crippen LogP contribution in [0.2, 0.25) is 0 Å². The number of esters is 1. The van der Waals surface area contributed by atoms with Crippen LogP contribution < -0.4 is 0 Å². The number of benzene rings is 1. The van der Waals surface area contributed by atoms with Crippen molar-refractivity contribution in [2.75, 3.05) is 0 Å². The highest BCUT2D eigenvalue weighted by atomic mass is 35.6. The van der Waals surface area contributed by atoms with Crippen LogP contribution in [0.3, 0.4) is 0 Å². The van der Waals surface area contributed by atoms with Crippen molar-refractivity contribution in [1.29, 1.82) is 0 Å². The highest BCUT2D eigenvalue weighted by molar-refractivity contribution is 6.67. The molecular weight excluding hydrogens is 381 g/mol. The Morgan fingerprint density at radius 3 is 2.29 bits per heavy atom. The van der Waals surface area contributed by atoms with Crippen LogP contribution in [0.4, 0.5) is 5.69 Å². The summed E-state index contributed by atoms with van der Waals surface area (Å²) >= 11 is 17.4. The van der Waals surface area contributed by atoms with Crippen LogP contribution in [0.1, 0.15) is 30.6 Å². The molecule has 2 atom stereocenters. The minimum Gasteiger partial charge on any atom is -0.450 e. The number of hydrogen-bond donors (Lipinski definition) is 0. The number of nitrogens with zero attached hydrogens (tertiary/aromatic N) is 1. The molecule has 24 heavy (non-hydrogen) atoms. The molecule has 1 aliphatic rings. The van der Waals surface area contributed by atoms with Gasteiger partial charge in [0.05, 0.1) is 10.5 Å². The number of nitro groups is 1. The van der Waals surface area contributed by atoms with E-state index in [4.69, 9.17) is 39.5 Å². The number of Topliss-reactive ketones (excluding diaryl/α,β-unsaturated/α-hetero) is 1. The third-order valence-electron chi connectivity index (χ3n) is 4.19. The van der Waals surface area contributed by atoms with Gasteiger partial charge >= 0.3 is 5.97 Å². The maximum Gasteiger partial charge on any atom is 0.338 e. The summed E-state index contributed by atoms with van der Waals surface area (Å²) in [7, 11) is 0. The summed E-state index contributed by atoms with van der Waals surface area (Å²) in [4.78, 5) is 34.4. The van der Waals surface area contributed by atoms with Gasteiger partial charge in [0.25, 0.3) is 5.69 Å². The van der Waals surface area contributed by atoms with Crippen molar-refractivity contribution in [3.8, 4) is 0 Å². The van der Waals surface area contributed by atoms with Crippen molar-refractivity contribution >= 4 is 52.2 Å². The van der Waals surface area contributed by atoms with Crippen molar-refractivity contribution in [3.05, 3.63) is 39.9 Å². The summed E-state index contributed by atoms with van der Waals surface area (Å²) in [5, 5.41) is 10.6. The number of hydrogen-bond acceptors (Lipinski definition) is 5. The highest BCUT2D eigenvalue weighted by Crippen LogP contribution is 2.51. The first-order chi connectivity index (χ1) is 10.9. The zero-order chi connectivity index (χ0) is 18.3. The molecule has 130 valence electrons. The molecule has 0 bridgehead atoms.